The van der Waals surface area contributed by atoms with Gasteiger partial charge in [-0.2, -0.15) is 0 Å². The van der Waals surface area contributed by atoms with Gasteiger partial charge in [0.1, 0.15) is 5.15 Å². The maximum Gasteiger partial charge on any atom is 0.227 e. The van der Waals surface area contributed by atoms with Crippen LogP contribution >= 0.6 is 24.0 Å². The first-order chi connectivity index (χ1) is 6.75. The van der Waals surface area contributed by atoms with Gasteiger partial charge in [0.25, 0.3) is 0 Å². The van der Waals surface area contributed by atoms with Crippen molar-refractivity contribution >= 4 is 30.0 Å². The number of hydrogen-bond acceptors (Lipinski definition) is 4. The summed E-state index contributed by atoms with van der Waals surface area (Å²) in [6, 6.07) is 1.77. The van der Waals surface area contributed by atoms with Crippen molar-refractivity contribution in [2.45, 2.75) is 6.92 Å². The first-order valence-corrected chi connectivity index (χ1v) is 5.10. The molecule has 0 aromatic carbocycles. The Bertz CT molecular complexity index is 306. The highest BCUT2D eigenvalue weighted by molar-refractivity contribution is 6.29. The SMILES string of the molecule is Cc1cc(Cl)nc(N2CCNCC2)n1.Cl. The molecule has 0 amide bonds. The molecule has 1 N–H and O–H groups in total. The third-order valence-electron chi connectivity index (χ3n) is 2.21. The molecule has 0 atom stereocenters. The minimum Gasteiger partial charge on any atom is -0.338 e. The Labute approximate surface area is 100 Å². The number of nitrogens with one attached hydrogen (secondary N) is 1. The Kier molecular flexibility index (Phi) is 4.57. The van der Waals surface area contributed by atoms with E-state index in [2.05, 4.69) is 20.2 Å². The normalized spacial score (nSPS) is 16.0. The number of hydrogen-bond donors (Lipinski definition) is 1. The Hall–Kier alpha value is -0.580. The summed E-state index contributed by atoms with van der Waals surface area (Å²) in [6.07, 6.45) is 0. The number of nitrogens with zero attached hydrogens (tertiary/aromatic N) is 3. The standard InChI is InChI=1S/C9H13ClN4.ClH/c1-7-6-8(10)13-9(12-7)14-4-2-11-3-5-14;/h6,11H,2-5H2,1H3;1H. The van der Waals surface area contributed by atoms with Gasteiger partial charge in [0.05, 0.1) is 0 Å². The van der Waals surface area contributed by atoms with Crippen LogP contribution in [0.4, 0.5) is 5.95 Å². The van der Waals surface area contributed by atoms with E-state index in [0.717, 1.165) is 37.8 Å². The Morgan fingerprint density at radius 3 is 2.60 bits per heavy atom. The molecule has 0 aliphatic carbocycles. The molecular weight excluding hydrogens is 235 g/mol. The first kappa shape index (κ1) is 12.5. The molecule has 6 heteroatoms. The van der Waals surface area contributed by atoms with E-state index in [1.807, 2.05) is 6.92 Å². The largest absolute Gasteiger partial charge is 0.338 e. The molecule has 2 rings (SSSR count). The predicted molar refractivity (Wildman–Crippen MR) is 64.1 cm³/mol. The average Bonchev–Trinajstić information content (AvgIpc) is 2.18. The van der Waals surface area contributed by atoms with Gasteiger partial charge in [0, 0.05) is 31.9 Å². The third-order valence-corrected chi connectivity index (χ3v) is 2.40. The molecule has 1 aliphatic heterocycles. The first-order valence-electron chi connectivity index (χ1n) is 4.72. The molecule has 4 nitrogen and oxygen atoms in total. The third kappa shape index (κ3) is 3.19. The molecule has 2 heterocycles. The van der Waals surface area contributed by atoms with Crippen molar-refractivity contribution < 1.29 is 0 Å². The summed E-state index contributed by atoms with van der Waals surface area (Å²) in [4.78, 5) is 10.7. The monoisotopic (exact) mass is 248 g/mol. The van der Waals surface area contributed by atoms with Gasteiger partial charge in [-0.25, -0.2) is 9.97 Å². The lowest BCUT2D eigenvalue weighted by molar-refractivity contribution is 0.579. The van der Waals surface area contributed by atoms with Crippen LogP contribution in [0.5, 0.6) is 0 Å². The molecule has 15 heavy (non-hydrogen) atoms. The van der Waals surface area contributed by atoms with Gasteiger partial charge in [0.15, 0.2) is 0 Å². The van der Waals surface area contributed by atoms with Crippen LogP contribution in [0.25, 0.3) is 0 Å². The van der Waals surface area contributed by atoms with Crippen LogP contribution in [-0.4, -0.2) is 36.1 Å². The summed E-state index contributed by atoms with van der Waals surface area (Å²) >= 11 is 5.88. The van der Waals surface area contributed by atoms with E-state index in [4.69, 9.17) is 11.6 Å². The van der Waals surface area contributed by atoms with Crippen molar-refractivity contribution in [3.05, 3.63) is 16.9 Å². The van der Waals surface area contributed by atoms with Crippen LogP contribution in [0.15, 0.2) is 6.07 Å². The molecule has 0 radical (unpaired) electrons. The zero-order valence-electron chi connectivity index (χ0n) is 8.53. The van der Waals surface area contributed by atoms with E-state index in [-0.39, 0.29) is 12.4 Å². The Morgan fingerprint density at radius 2 is 2.00 bits per heavy atom. The van der Waals surface area contributed by atoms with Gasteiger partial charge in [-0.1, -0.05) is 11.6 Å². The number of aromatic nitrogens is 2. The molecule has 1 fully saturated rings. The van der Waals surface area contributed by atoms with Crippen LogP contribution in [0.2, 0.25) is 5.15 Å². The molecule has 1 aromatic heterocycles. The minimum atomic E-state index is 0. The zero-order valence-corrected chi connectivity index (χ0v) is 10.1. The lowest BCUT2D eigenvalue weighted by Crippen LogP contribution is -2.44. The van der Waals surface area contributed by atoms with Crippen molar-refractivity contribution in [2.24, 2.45) is 0 Å². The summed E-state index contributed by atoms with van der Waals surface area (Å²) < 4.78 is 0. The zero-order chi connectivity index (χ0) is 9.97. The maximum absolute atomic E-state index is 5.88. The van der Waals surface area contributed by atoms with Gasteiger partial charge in [0.2, 0.25) is 5.95 Å². The van der Waals surface area contributed by atoms with E-state index in [9.17, 15) is 0 Å². The summed E-state index contributed by atoms with van der Waals surface area (Å²) in [7, 11) is 0. The van der Waals surface area contributed by atoms with Gasteiger partial charge in [-0.15, -0.1) is 12.4 Å². The van der Waals surface area contributed by atoms with Crippen LogP contribution in [0.3, 0.4) is 0 Å². The maximum atomic E-state index is 5.88. The van der Waals surface area contributed by atoms with Gasteiger partial charge >= 0.3 is 0 Å². The van der Waals surface area contributed by atoms with E-state index < -0.39 is 0 Å². The van der Waals surface area contributed by atoms with Crippen LogP contribution in [0, 0.1) is 6.92 Å². The van der Waals surface area contributed by atoms with Gasteiger partial charge < -0.3 is 10.2 Å². The second kappa shape index (κ2) is 5.49. The molecule has 0 unspecified atom stereocenters. The number of halogens is 2. The van der Waals surface area contributed by atoms with Crippen molar-refractivity contribution in [3.63, 3.8) is 0 Å². The fraction of sp³-hybridized carbons (Fsp3) is 0.556. The van der Waals surface area contributed by atoms with Crippen molar-refractivity contribution in [1.29, 1.82) is 0 Å². The van der Waals surface area contributed by atoms with Crippen LogP contribution in [-0.2, 0) is 0 Å². The predicted octanol–water partition coefficient (Wildman–Crippen LogP) is 1.27. The van der Waals surface area contributed by atoms with Gasteiger partial charge in [-0.05, 0) is 13.0 Å². The van der Waals surface area contributed by atoms with Crippen molar-refractivity contribution in [3.8, 4) is 0 Å². The van der Waals surface area contributed by atoms with E-state index >= 15 is 0 Å². The number of rotatable bonds is 1. The summed E-state index contributed by atoms with van der Waals surface area (Å²) in [5.41, 5.74) is 0.915. The molecular formula is C9H14Cl2N4. The van der Waals surface area contributed by atoms with Crippen LogP contribution < -0.4 is 10.2 Å². The van der Waals surface area contributed by atoms with E-state index in [1.165, 1.54) is 0 Å². The molecule has 1 aliphatic rings. The Morgan fingerprint density at radius 1 is 1.33 bits per heavy atom. The number of piperazine rings is 1. The Balaban J connectivity index is 0.00000112. The summed E-state index contributed by atoms with van der Waals surface area (Å²) in [5.74, 6) is 0.747. The van der Waals surface area contributed by atoms with Gasteiger partial charge in [-0.3, -0.25) is 0 Å². The second-order valence-corrected chi connectivity index (χ2v) is 3.76. The summed E-state index contributed by atoms with van der Waals surface area (Å²) in [6.45, 7) is 5.78. The average molecular weight is 249 g/mol. The smallest absolute Gasteiger partial charge is 0.227 e. The number of anilines is 1. The summed E-state index contributed by atoms with van der Waals surface area (Å²) in [5, 5.41) is 3.80. The topological polar surface area (TPSA) is 41.1 Å². The highest BCUT2D eigenvalue weighted by Gasteiger charge is 2.13. The second-order valence-electron chi connectivity index (χ2n) is 3.37. The van der Waals surface area contributed by atoms with E-state index in [1.54, 1.807) is 6.07 Å². The van der Waals surface area contributed by atoms with E-state index in [0.29, 0.717) is 5.15 Å². The molecule has 0 bridgehead atoms. The minimum absolute atomic E-state index is 0. The van der Waals surface area contributed by atoms with Crippen molar-refractivity contribution in [2.75, 3.05) is 31.1 Å². The molecule has 0 saturated carbocycles. The number of aryl methyl sites for hydroxylation is 1. The lowest BCUT2D eigenvalue weighted by Gasteiger charge is -2.27. The highest BCUT2D eigenvalue weighted by Crippen LogP contribution is 2.13. The quantitative estimate of drug-likeness (QED) is 0.761. The molecule has 84 valence electrons. The fourth-order valence-electron chi connectivity index (χ4n) is 1.52. The lowest BCUT2D eigenvalue weighted by atomic mass is 10.4. The fourth-order valence-corrected chi connectivity index (χ4v) is 1.75. The van der Waals surface area contributed by atoms with Crippen LogP contribution in [0.1, 0.15) is 5.69 Å². The molecule has 1 saturated heterocycles. The molecule has 0 spiro atoms. The highest BCUT2D eigenvalue weighted by atomic mass is 35.5. The molecule has 1 aromatic rings. The van der Waals surface area contributed by atoms with Crippen molar-refractivity contribution in [1.82, 2.24) is 15.3 Å².